The largest absolute Gasteiger partial charge is 0.293 e. The topological polar surface area (TPSA) is 17.8 Å². The number of hydrogen-bond donors (Lipinski definition) is 0. The summed E-state index contributed by atoms with van der Waals surface area (Å²) >= 11 is 1.93. The molecule has 3 heterocycles. The standard InChI is InChI=1S/C36H24N2S/c1-36(2)32-24(25-17-19-27-23-11-5-8-14-30(23)39-35(27)33(25)36)16-18-26-22-10-4-7-13-29(22)38(34(26)32)31-20-15-21-9-3-6-12-28(21)37-31/h3-20H,1-2H3. The van der Waals surface area contributed by atoms with E-state index in [0.29, 0.717) is 0 Å². The molecule has 0 aliphatic heterocycles. The first kappa shape index (κ1) is 21.5. The number of rotatable bonds is 1. The average Bonchev–Trinajstić information content (AvgIpc) is 3.58. The van der Waals surface area contributed by atoms with Crippen molar-refractivity contribution in [3.05, 3.63) is 120 Å². The summed E-state index contributed by atoms with van der Waals surface area (Å²) in [6, 6.07) is 39.7. The van der Waals surface area contributed by atoms with Gasteiger partial charge in [-0.1, -0.05) is 92.7 Å². The lowest BCUT2D eigenvalue weighted by molar-refractivity contribution is 0.670. The fourth-order valence-corrected chi connectivity index (χ4v) is 8.50. The van der Waals surface area contributed by atoms with Gasteiger partial charge in [-0.05, 0) is 52.6 Å². The van der Waals surface area contributed by atoms with Crippen molar-refractivity contribution in [1.29, 1.82) is 0 Å². The molecule has 0 atom stereocenters. The summed E-state index contributed by atoms with van der Waals surface area (Å²) in [5, 5.41) is 6.43. The summed E-state index contributed by atoms with van der Waals surface area (Å²) < 4.78 is 5.17. The Morgan fingerprint density at radius 1 is 0.615 bits per heavy atom. The summed E-state index contributed by atoms with van der Waals surface area (Å²) in [6.07, 6.45) is 0. The fourth-order valence-electron chi connectivity index (χ4n) is 7.09. The maximum Gasteiger partial charge on any atom is 0.138 e. The van der Waals surface area contributed by atoms with Gasteiger partial charge < -0.3 is 0 Å². The SMILES string of the molecule is CC1(C)c2c(ccc3c2sc2ccccc23)-c2ccc3c4ccccc4n(-c4ccc5ccccc5n4)c3c21. The van der Waals surface area contributed by atoms with E-state index in [4.69, 9.17) is 4.98 Å². The molecule has 0 spiro atoms. The van der Waals surface area contributed by atoms with E-state index in [1.165, 1.54) is 64.2 Å². The van der Waals surface area contributed by atoms with Gasteiger partial charge in [0, 0.05) is 41.7 Å². The third-order valence-corrected chi connectivity index (χ3v) is 9.94. The monoisotopic (exact) mass is 516 g/mol. The van der Waals surface area contributed by atoms with Crippen molar-refractivity contribution in [2.45, 2.75) is 19.3 Å². The van der Waals surface area contributed by atoms with Gasteiger partial charge in [-0.15, -0.1) is 11.3 Å². The van der Waals surface area contributed by atoms with E-state index in [1.807, 2.05) is 11.3 Å². The number of benzene rings is 5. The molecule has 1 aliphatic carbocycles. The van der Waals surface area contributed by atoms with Crippen LogP contribution in [0.5, 0.6) is 0 Å². The summed E-state index contributed by atoms with van der Waals surface area (Å²) in [7, 11) is 0. The highest BCUT2D eigenvalue weighted by atomic mass is 32.1. The molecule has 0 radical (unpaired) electrons. The van der Waals surface area contributed by atoms with Gasteiger partial charge in [0.15, 0.2) is 0 Å². The first-order chi connectivity index (χ1) is 19.1. The predicted molar refractivity (Wildman–Crippen MR) is 167 cm³/mol. The van der Waals surface area contributed by atoms with Crippen LogP contribution in [0.3, 0.4) is 0 Å². The van der Waals surface area contributed by atoms with Gasteiger partial charge in [0.25, 0.3) is 0 Å². The molecular weight excluding hydrogens is 492 g/mol. The second-order valence-corrected chi connectivity index (χ2v) is 12.2. The molecule has 3 aromatic heterocycles. The summed E-state index contributed by atoms with van der Waals surface area (Å²) in [6.45, 7) is 4.83. The normalized spacial score (nSPS) is 14.1. The van der Waals surface area contributed by atoms with E-state index in [0.717, 1.165) is 16.7 Å². The second kappa shape index (κ2) is 7.34. The van der Waals surface area contributed by atoms with E-state index < -0.39 is 0 Å². The number of aromatic nitrogens is 2. The molecule has 9 rings (SSSR count). The molecule has 8 aromatic rings. The molecule has 5 aromatic carbocycles. The van der Waals surface area contributed by atoms with Crippen LogP contribution in [-0.2, 0) is 5.41 Å². The number of thiophene rings is 1. The molecule has 0 amide bonds. The van der Waals surface area contributed by atoms with Gasteiger partial charge in [-0.2, -0.15) is 0 Å². The highest BCUT2D eigenvalue weighted by molar-refractivity contribution is 7.26. The van der Waals surface area contributed by atoms with Gasteiger partial charge >= 0.3 is 0 Å². The number of pyridine rings is 1. The Balaban J connectivity index is 1.43. The summed E-state index contributed by atoms with van der Waals surface area (Å²) in [4.78, 5) is 5.18. The Bertz CT molecular complexity index is 2320. The lowest BCUT2D eigenvalue weighted by Crippen LogP contribution is -2.17. The third kappa shape index (κ3) is 2.68. The zero-order chi connectivity index (χ0) is 25.9. The molecule has 0 bridgehead atoms. The first-order valence-corrected chi connectivity index (χ1v) is 14.3. The van der Waals surface area contributed by atoms with Crippen LogP contribution in [0, 0.1) is 0 Å². The van der Waals surface area contributed by atoms with Crippen LogP contribution in [-0.4, -0.2) is 9.55 Å². The van der Waals surface area contributed by atoms with Crippen LogP contribution >= 0.6 is 11.3 Å². The van der Waals surface area contributed by atoms with Crippen LogP contribution in [0.1, 0.15) is 25.0 Å². The molecule has 1 aliphatic rings. The molecule has 39 heavy (non-hydrogen) atoms. The molecule has 0 saturated heterocycles. The Hall–Kier alpha value is -4.47. The van der Waals surface area contributed by atoms with Gasteiger partial charge in [0.2, 0.25) is 0 Å². The van der Waals surface area contributed by atoms with Gasteiger partial charge in [-0.25, -0.2) is 4.98 Å². The average molecular weight is 517 g/mol. The summed E-state index contributed by atoms with van der Waals surface area (Å²) in [5.41, 5.74) is 8.86. The maximum absolute atomic E-state index is 5.18. The van der Waals surface area contributed by atoms with Crippen LogP contribution in [0.15, 0.2) is 109 Å². The van der Waals surface area contributed by atoms with Gasteiger partial charge in [-0.3, -0.25) is 4.57 Å². The lowest BCUT2D eigenvalue weighted by Gasteiger charge is -2.24. The maximum atomic E-state index is 5.18. The molecule has 184 valence electrons. The zero-order valence-electron chi connectivity index (χ0n) is 21.7. The van der Waals surface area contributed by atoms with Crippen molar-refractivity contribution in [3.63, 3.8) is 0 Å². The zero-order valence-corrected chi connectivity index (χ0v) is 22.5. The third-order valence-electron chi connectivity index (χ3n) is 8.74. The van der Waals surface area contributed by atoms with E-state index in [2.05, 4.69) is 128 Å². The predicted octanol–water partition coefficient (Wildman–Crippen LogP) is 10.0. The van der Waals surface area contributed by atoms with Gasteiger partial charge in [0.05, 0.1) is 16.6 Å². The second-order valence-electron chi connectivity index (χ2n) is 11.2. The smallest absolute Gasteiger partial charge is 0.138 e. The number of fused-ring (bicyclic) bond motifs is 12. The van der Waals surface area contributed by atoms with Crippen LogP contribution < -0.4 is 0 Å². The van der Waals surface area contributed by atoms with Crippen molar-refractivity contribution >= 4 is 64.2 Å². The van der Waals surface area contributed by atoms with Gasteiger partial charge in [0.1, 0.15) is 5.82 Å². The van der Waals surface area contributed by atoms with E-state index in [9.17, 15) is 0 Å². The summed E-state index contributed by atoms with van der Waals surface area (Å²) in [5.74, 6) is 0.965. The Morgan fingerprint density at radius 3 is 2.23 bits per heavy atom. The molecular formula is C36H24N2S. The van der Waals surface area contributed by atoms with E-state index in [1.54, 1.807) is 0 Å². The minimum atomic E-state index is -0.173. The number of hydrogen-bond acceptors (Lipinski definition) is 2. The van der Waals surface area contributed by atoms with Crippen molar-refractivity contribution < 1.29 is 0 Å². The van der Waals surface area contributed by atoms with Crippen LogP contribution in [0.2, 0.25) is 0 Å². The van der Waals surface area contributed by atoms with E-state index in [-0.39, 0.29) is 5.41 Å². The molecule has 0 saturated carbocycles. The molecule has 0 fully saturated rings. The molecule has 2 nitrogen and oxygen atoms in total. The molecule has 0 N–H and O–H groups in total. The Kier molecular flexibility index (Phi) is 4.04. The van der Waals surface area contributed by atoms with Crippen LogP contribution in [0.4, 0.5) is 0 Å². The minimum Gasteiger partial charge on any atom is -0.293 e. The number of para-hydroxylation sites is 2. The first-order valence-electron chi connectivity index (χ1n) is 13.5. The molecule has 3 heteroatoms. The van der Waals surface area contributed by atoms with Crippen molar-refractivity contribution in [3.8, 4) is 16.9 Å². The van der Waals surface area contributed by atoms with Crippen molar-refractivity contribution in [2.24, 2.45) is 0 Å². The fraction of sp³-hybridized carbons (Fsp3) is 0.0833. The Morgan fingerprint density at radius 2 is 1.33 bits per heavy atom. The quantitative estimate of drug-likeness (QED) is 0.212. The lowest BCUT2D eigenvalue weighted by atomic mass is 9.81. The van der Waals surface area contributed by atoms with E-state index >= 15 is 0 Å². The molecule has 0 unspecified atom stereocenters. The van der Waals surface area contributed by atoms with Crippen molar-refractivity contribution in [1.82, 2.24) is 9.55 Å². The highest BCUT2D eigenvalue weighted by Gasteiger charge is 2.40. The highest BCUT2D eigenvalue weighted by Crippen LogP contribution is 2.56. The van der Waals surface area contributed by atoms with Crippen molar-refractivity contribution in [2.75, 3.05) is 0 Å². The minimum absolute atomic E-state index is 0.173. The Labute approximate surface area is 229 Å². The number of nitrogens with zero attached hydrogens (tertiary/aromatic N) is 2. The van der Waals surface area contributed by atoms with Crippen LogP contribution in [0.25, 0.3) is 69.8 Å².